The van der Waals surface area contributed by atoms with Crippen molar-refractivity contribution in [2.24, 2.45) is 0 Å². The molecule has 1 saturated heterocycles. The van der Waals surface area contributed by atoms with Crippen molar-refractivity contribution >= 4 is 0 Å². The molecule has 0 saturated carbocycles. The topological polar surface area (TPSA) is 12.5 Å². The fourth-order valence-electron chi connectivity index (χ4n) is 1.13. The van der Waals surface area contributed by atoms with Crippen molar-refractivity contribution in [3.8, 4) is 0 Å². The standard InChI is InChI=1S/C8H15NO/c1-8(2)9-4-3-6-10-7-5-9/h1,3-7H2,2H3. The van der Waals surface area contributed by atoms with Crippen LogP contribution in [0.25, 0.3) is 0 Å². The first kappa shape index (κ1) is 7.61. The highest BCUT2D eigenvalue weighted by atomic mass is 16.5. The molecule has 0 radical (unpaired) electrons. The summed E-state index contributed by atoms with van der Waals surface area (Å²) in [6.07, 6.45) is 1.13. The Kier molecular flexibility index (Phi) is 2.75. The molecule has 2 heteroatoms. The van der Waals surface area contributed by atoms with Gasteiger partial charge in [-0.1, -0.05) is 6.58 Å². The maximum Gasteiger partial charge on any atom is 0.0641 e. The maximum atomic E-state index is 5.29. The third-order valence-corrected chi connectivity index (χ3v) is 1.76. The van der Waals surface area contributed by atoms with Crippen LogP contribution < -0.4 is 0 Å². The first-order valence-electron chi connectivity index (χ1n) is 3.79. The molecule has 1 fully saturated rings. The van der Waals surface area contributed by atoms with E-state index in [1.54, 1.807) is 0 Å². The van der Waals surface area contributed by atoms with Crippen LogP contribution >= 0.6 is 0 Å². The molecule has 0 aromatic carbocycles. The summed E-state index contributed by atoms with van der Waals surface area (Å²) in [5.41, 5.74) is 1.16. The van der Waals surface area contributed by atoms with Crippen LogP contribution in [0, 0.1) is 0 Å². The number of hydrogen-bond donors (Lipinski definition) is 0. The first-order chi connectivity index (χ1) is 4.80. The molecular weight excluding hydrogens is 126 g/mol. The lowest BCUT2D eigenvalue weighted by Gasteiger charge is -2.20. The van der Waals surface area contributed by atoms with Crippen LogP contribution in [-0.4, -0.2) is 31.2 Å². The molecule has 1 aliphatic rings. The molecule has 0 unspecified atom stereocenters. The van der Waals surface area contributed by atoms with E-state index < -0.39 is 0 Å². The summed E-state index contributed by atoms with van der Waals surface area (Å²) < 4.78 is 5.29. The van der Waals surface area contributed by atoms with Gasteiger partial charge in [0.15, 0.2) is 0 Å². The van der Waals surface area contributed by atoms with Crippen LogP contribution in [0.1, 0.15) is 13.3 Å². The Morgan fingerprint density at radius 3 is 2.90 bits per heavy atom. The predicted molar refractivity (Wildman–Crippen MR) is 41.8 cm³/mol. The van der Waals surface area contributed by atoms with Gasteiger partial charge in [-0.2, -0.15) is 0 Å². The smallest absolute Gasteiger partial charge is 0.0641 e. The second kappa shape index (κ2) is 3.62. The van der Waals surface area contributed by atoms with Gasteiger partial charge in [0.2, 0.25) is 0 Å². The normalized spacial score (nSPS) is 20.3. The monoisotopic (exact) mass is 141 g/mol. The van der Waals surface area contributed by atoms with Crippen LogP contribution in [0.2, 0.25) is 0 Å². The van der Waals surface area contributed by atoms with Gasteiger partial charge < -0.3 is 9.64 Å². The molecule has 0 spiro atoms. The van der Waals surface area contributed by atoms with Crippen molar-refractivity contribution in [3.63, 3.8) is 0 Å². The molecule has 0 bridgehead atoms. The minimum Gasteiger partial charge on any atom is -0.380 e. The molecule has 1 rings (SSSR count). The lowest BCUT2D eigenvalue weighted by atomic mass is 10.3. The molecule has 1 aliphatic heterocycles. The molecule has 2 nitrogen and oxygen atoms in total. The average Bonchev–Trinajstić information content (AvgIpc) is 2.12. The van der Waals surface area contributed by atoms with Crippen LogP contribution in [0.4, 0.5) is 0 Å². The van der Waals surface area contributed by atoms with Gasteiger partial charge in [0.1, 0.15) is 0 Å². The van der Waals surface area contributed by atoms with E-state index in [0.29, 0.717) is 0 Å². The van der Waals surface area contributed by atoms with Crippen molar-refractivity contribution in [2.45, 2.75) is 13.3 Å². The molecule has 0 atom stereocenters. The van der Waals surface area contributed by atoms with E-state index in [1.165, 1.54) is 0 Å². The number of hydrogen-bond acceptors (Lipinski definition) is 2. The van der Waals surface area contributed by atoms with Crippen molar-refractivity contribution in [1.82, 2.24) is 4.90 Å². The van der Waals surface area contributed by atoms with E-state index in [4.69, 9.17) is 4.74 Å². The number of rotatable bonds is 1. The highest BCUT2D eigenvalue weighted by Gasteiger charge is 2.06. The second-order valence-electron chi connectivity index (χ2n) is 2.69. The predicted octanol–water partition coefficient (Wildman–Crippen LogP) is 1.24. The zero-order valence-electron chi connectivity index (χ0n) is 6.60. The average molecular weight is 141 g/mol. The fourth-order valence-corrected chi connectivity index (χ4v) is 1.13. The first-order valence-corrected chi connectivity index (χ1v) is 3.79. The Labute approximate surface area is 62.5 Å². The van der Waals surface area contributed by atoms with Crippen molar-refractivity contribution in [1.29, 1.82) is 0 Å². The fraction of sp³-hybridized carbons (Fsp3) is 0.750. The summed E-state index contributed by atoms with van der Waals surface area (Å²) in [5.74, 6) is 0. The minimum absolute atomic E-state index is 0.854. The largest absolute Gasteiger partial charge is 0.380 e. The second-order valence-corrected chi connectivity index (χ2v) is 2.69. The molecule has 0 aromatic heterocycles. The minimum atomic E-state index is 0.854. The summed E-state index contributed by atoms with van der Waals surface area (Å²) in [5, 5.41) is 0. The van der Waals surface area contributed by atoms with Crippen LogP contribution in [0.3, 0.4) is 0 Å². The number of nitrogens with zero attached hydrogens (tertiary/aromatic N) is 1. The highest BCUT2D eigenvalue weighted by Crippen LogP contribution is 2.04. The van der Waals surface area contributed by atoms with Gasteiger partial charge in [0.05, 0.1) is 6.61 Å². The lowest BCUT2D eigenvalue weighted by molar-refractivity contribution is 0.145. The van der Waals surface area contributed by atoms with Gasteiger partial charge in [-0.05, 0) is 13.3 Å². The van der Waals surface area contributed by atoms with Gasteiger partial charge in [-0.25, -0.2) is 0 Å². The maximum absolute atomic E-state index is 5.29. The Morgan fingerprint density at radius 2 is 2.20 bits per heavy atom. The summed E-state index contributed by atoms with van der Waals surface area (Å²) >= 11 is 0. The van der Waals surface area contributed by atoms with E-state index in [-0.39, 0.29) is 0 Å². The van der Waals surface area contributed by atoms with Gasteiger partial charge in [-0.3, -0.25) is 0 Å². The van der Waals surface area contributed by atoms with Gasteiger partial charge in [-0.15, -0.1) is 0 Å². The molecule has 0 aromatic rings. The zero-order valence-corrected chi connectivity index (χ0v) is 6.60. The summed E-state index contributed by atoms with van der Waals surface area (Å²) in [6.45, 7) is 9.81. The van der Waals surface area contributed by atoms with Crippen LogP contribution in [-0.2, 0) is 4.74 Å². The number of ether oxygens (including phenoxy) is 1. The molecule has 58 valence electrons. The van der Waals surface area contributed by atoms with E-state index in [2.05, 4.69) is 11.5 Å². The van der Waals surface area contributed by atoms with Crippen LogP contribution in [0.5, 0.6) is 0 Å². The van der Waals surface area contributed by atoms with E-state index >= 15 is 0 Å². The highest BCUT2D eigenvalue weighted by molar-refractivity contribution is 4.88. The number of allylic oxidation sites excluding steroid dienone is 1. The SMILES string of the molecule is C=C(C)N1CCCOCC1. The van der Waals surface area contributed by atoms with Crippen molar-refractivity contribution in [3.05, 3.63) is 12.3 Å². The van der Waals surface area contributed by atoms with E-state index in [0.717, 1.165) is 38.4 Å². The van der Waals surface area contributed by atoms with Crippen LogP contribution in [0.15, 0.2) is 12.3 Å². The Morgan fingerprint density at radius 1 is 1.40 bits per heavy atom. The van der Waals surface area contributed by atoms with Crippen molar-refractivity contribution < 1.29 is 4.74 Å². The third kappa shape index (κ3) is 2.03. The molecule has 10 heavy (non-hydrogen) atoms. The molecule has 0 amide bonds. The molecule has 0 aliphatic carbocycles. The van der Waals surface area contributed by atoms with Gasteiger partial charge in [0.25, 0.3) is 0 Å². The quantitative estimate of drug-likeness (QED) is 0.545. The van der Waals surface area contributed by atoms with Crippen molar-refractivity contribution in [2.75, 3.05) is 26.3 Å². The molecule has 0 N–H and O–H groups in total. The van der Waals surface area contributed by atoms with Gasteiger partial charge in [0, 0.05) is 25.4 Å². The zero-order chi connectivity index (χ0) is 7.40. The van der Waals surface area contributed by atoms with E-state index in [9.17, 15) is 0 Å². The lowest BCUT2D eigenvalue weighted by Crippen LogP contribution is -2.23. The summed E-state index contributed by atoms with van der Waals surface area (Å²) in [4.78, 5) is 2.27. The molecular formula is C8H15NO. The third-order valence-electron chi connectivity index (χ3n) is 1.76. The Bertz CT molecular complexity index is 114. The Balaban J connectivity index is 2.35. The summed E-state index contributed by atoms with van der Waals surface area (Å²) in [7, 11) is 0. The van der Waals surface area contributed by atoms with Gasteiger partial charge >= 0.3 is 0 Å². The summed E-state index contributed by atoms with van der Waals surface area (Å²) in [6, 6.07) is 0. The Hall–Kier alpha value is -0.500. The molecule has 1 heterocycles. The van der Waals surface area contributed by atoms with E-state index in [1.807, 2.05) is 6.92 Å².